The fourth-order valence-electron chi connectivity index (χ4n) is 2.79. The van der Waals surface area contributed by atoms with E-state index in [0.717, 1.165) is 22.6 Å². The molecule has 2 aromatic heterocycles. The van der Waals surface area contributed by atoms with E-state index in [1.165, 1.54) is 0 Å². The first kappa shape index (κ1) is 14.5. The molecule has 0 spiro atoms. The molecule has 1 aliphatic heterocycles. The third kappa shape index (κ3) is 2.67. The molecule has 6 nitrogen and oxygen atoms in total. The molecule has 1 aliphatic rings. The van der Waals surface area contributed by atoms with Gasteiger partial charge in [0.2, 0.25) is 10.0 Å². The second kappa shape index (κ2) is 5.06. The predicted octanol–water partition coefficient (Wildman–Crippen LogP) is 1.38. The Morgan fingerprint density at radius 3 is 2.86 bits per heavy atom. The van der Waals surface area contributed by atoms with Crippen LogP contribution >= 0.6 is 0 Å². The lowest BCUT2D eigenvalue weighted by Crippen LogP contribution is -2.39. The van der Waals surface area contributed by atoms with Crippen molar-refractivity contribution in [2.75, 3.05) is 12.3 Å². The molecule has 0 radical (unpaired) electrons. The van der Waals surface area contributed by atoms with Gasteiger partial charge in [-0.2, -0.15) is 9.40 Å². The van der Waals surface area contributed by atoms with E-state index < -0.39 is 10.0 Å². The van der Waals surface area contributed by atoms with Crippen LogP contribution in [0.3, 0.4) is 0 Å². The zero-order chi connectivity index (χ0) is 15.2. The summed E-state index contributed by atoms with van der Waals surface area (Å²) in [5.74, 6) is 0.324. The summed E-state index contributed by atoms with van der Waals surface area (Å²) >= 11 is 0. The second-order valence-electron chi connectivity index (χ2n) is 6.04. The molecule has 0 N–H and O–H groups in total. The minimum Gasteiger partial charge on any atom is -0.237 e. The van der Waals surface area contributed by atoms with Crippen molar-refractivity contribution in [3.05, 3.63) is 29.2 Å². The van der Waals surface area contributed by atoms with Gasteiger partial charge < -0.3 is 0 Å². The SMILES string of the molecule is Cc1cc2ncc3c(n2n1)CCN(S(=O)(=O)CC(C)C)C3. The molecule has 7 heteroatoms. The molecule has 0 fully saturated rings. The number of aromatic nitrogens is 3. The predicted molar refractivity (Wildman–Crippen MR) is 80.5 cm³/mol. The first-order valence-electron chi connectivity index (χ1n) is 7.18. The summed E-state index contributed by atoms with van der Waals surface area (Å²) in [6.07, 6.45) is 2.45. The Morgan fingerprint density at radius 2 is 2.14 bits per heavy atom. The number of fused-ring (bicyclic) bond motifs is 3. The Labute approximate surface area is 124 Å². The molecule has 0 aliphatic carbocycles. The minimum absolute atomic E-state index is 0.130. The third-order valence-corrected chi connectivity index (χ3v) is 5.86. The van der Waals surface area contributed by atoms with Crippen LogP contribution in [0.4, 0.5) is 0 Å². The molecule has 3 heterocycles. The highest BCUT2D eigenvalue weighted by molar-refractivity contribution is 7.89. The summed E-state index contributed by atoms with van der Waals surface area (Å²) in [7, 11) is -3.20. The standard InChI is InChI=1S/C14H20N4O2S/c1-10(2)9-21(19,20)17-5-4-13-12(8-17)7-15-14-6-11(3)16-18(13)14/h6-7,10H,4-5,8-9H2,1-3H3. The van der Waals surface area contributed by atoms with Crippen molar-refractivity contribution in [2.24, 2.45) is 5.92 Å². The second-order valence-corrected chi connectivity index (χ2v) is 8.06. The van der Waals surface area contributed by atoms with E-state index >= 15 is 0 Å². The van der Waals surface area contributed by atoms with Crippen molar-refractivity contribution < 1.29 is 8.42 Å². The lowest BCUT2D eigenvalue weighted by molar-refractivity contribution is 0.381. The van der Waals surface area contributed by atoms with E-state index in [1.54, 1.807) is 10.5 Å². The van der Waals surface area contributed by atoms with Crippen molar-refractivity contribution in [1.29, 1.82) is 0 Å². The fraction of sp³-hybridized carbons (Fsp3) is 0.571. The Bertz CT molecular complexity index is 780. The Hall–Kier alpha value is -1.47. The molecule has 2 aromatic rings. The Morgan fingerprint density at radius 1 is 1.38 bits per heavy atom. The zero-order valence-electron chi connectivity index (χ0n) is 12.6. The average Bonchev–Trinajstić information content (AvgIpc) is 2.77. The first-order valence-corrected chi connectivity index (χ1v) is 8.78. The number of hydrogen-bond acceptors (Lipinski definition) is 4. The lowest BCUT2D eigenvalue weighted by Gasteiger charge is -2.28. The van der Waals surface area contributed by atoms with Gasteiger partial charge in [0.15, 0.2) is 5.65 Å². The summed E-state index contributed by atoms with van der Waals surface area (Å²) in [4.78, 5) is 4.37. The average molecular weight is 308 g/mol. The van der Waals surface area contributed by atoms with Crippen LogP contribution in [-0.2, 0) is 23.0 Å². The Balaban J connectivity index is 1.94. The van der Waals surface area contributed by atoms with Crippen LogP contribution < -0.4 is 0 Å². The molecule has 0 bridgehead atoms. The molecule has 0 unspecified atom stereocenters. The molecule has 114 valence electrons. The molecular formula is C14H20N4O2S. The van der Waals surface area contributed by atoms with Gasteiger partial charge in [-0.15, -0.1) is 0 Å². The van der Waals surface area contributed by atoms with E-state index in [4.69, 9.17) is 0 Å². The van der Waals surface area contributed by atoms with Crippen LogP contribution in [0.5, 0.6) is 0 Å². The van der Waals surface area contributed by atoms with E-state index in [1.807, 2.05) is 31.4 Å². The summed E-state index contributed by atoms with van der Waals surface area (Å²) in [5, 5.41) is 4.45. The van der Waals surface area contributed by atoms with Gasteiger partial charge in [0.25, 0.3) is 0 Å². The van der Waals surface area contributed by atoms with Crippen LogP contribution in [0.15, 0.2) is 12.3 Å². The summed E-state index contributed by atoms with van der Waals surface area (Å²) in [5.41, 5.74) is 3.77. The number of sulfonamides is 1. The van der Waals surface area contributed by atoms with Gasteiger partial charge in [-0.05, 0) is 12.8 Å². The van der Waals surface area contributed by atoms with Gasteiger partial charge in [-0.25, -0.2) is 17.9 Å². The maximum atomic E-state index is 12.4. The van der Waals surface area contributed by atoms with Crippen LogP contribution in [0.25, 0.3) is 5.65 Å². The van der Waals surface area contributed by atoms with E-state index in [2.05, 4.69) is 10.1 Å². The number of rotatable bonds is 3. The molecule has 0 amide bonds. The van der Waals surface area contributed by atoms with Gasteiger partial charge in [0, 0.05) is 37.3 Å². The van der Waals surface area contributed by atoms with Crippen LogP contribution in [-0.4, -0.2) is 39.6 Å². The molecule has 21 heavy (non-hydrogen) atoms. The van der Waals surface area contributed by atoms with Gasteiger partial charge in [0.05, 0.1) is 17.1 Å². The topological polar surface area (TPSA) is 67.6 Å². The van der Waals surface area contributed by atoms with Crippen molar-refractivity contribution in [2.45, 2.75) is 33.7 Å². The molecular weight excluding hydrogens is 288 g/mol. The fourth-order valence-corrected chi connectivity index (χ4v) is 4.55. The highest BCUT2D eigenvalue weighted by Crippen LogP contribution is 2.22. The maximum Gasteiger partial charge on any atom is 0.214 e. The van der Waals surface area contributed by atoms with Crippen LogP contribution in [0, 0.1) is 12.8 Å². The highest BCUT2D eigenvalue weighted by atomic mass is 32.2. The minimum atomic E-state index is -3.20. The van der Waals surface area contributed by atoms with Crippen LogP contribution in [0.1, 0.15) is 30.8 Å². The quantitative estimate of drug-likeness (QED) is 0.859. The van der Waals surface area contributed by atoms with E-state index in [0.29, 0.717) is 19.5 Å². The monoisotopic (exact) mass is 308 g/mol. The smallest absolute Gasteiger partial charge is 0.214 e. The molecule has 0 saturated carbocycles. The highest BCUT2D eigenvalue weighted by Gasteiger charge is 2.28. The van der Waals surface area contributed by atoms with Gasteiger partial charge in [0.1, 0.15) is 0 Å². The van der Waals surface area contributed by atoms with Gasteiger partial charge >= 0.3 is 0 Å². The Kier molecular flexibility index (Phi) is 3.49. The first-order chi connectivity index (χ1) is 9.87. The zero-order valence-corrected chi connectivity index (χ0v) is 13.4. The van der Waals surface area contributed by atoms with Crippen molar-refractivity contribution >= 4 is 15.7 Å². The van der Waals surface area contributed by atoms with Crippen molar-refractivity contribution in [1.82, 2.24) is 18.9 Å². The number of hydrogen-bond donors (Lipinski definition) is 0. The van der Waals surface area contributed by atoms with E-state index in [-0.39, 0.29) is 11.7 Å². The summed E-state index contributed by atoms with van der Waals surface area (Å²) < 4.78 is 28.1. The molecule has 0 atom stereocenters. The lowest BCUT2D eigenvalue weighted by atomic mass is 10.1. The van der Waals surface area contributed by atoms with E-state index in [9.17, 15) is 8.42 Å². The molecule has 0 aromatic carbocycles. The van der Waals surface area contributed by atoms with Gasteiger partial charge in [-0.1, -0.05) is 13.8 Å². The molecule has 3 rings (SSSR count). The van der Waals surface area contributed by atoms with Gasteiger partial charge in [-0.3, -0.25) is 0 Å². The van der Waals surface area contributed by atoms with Crippen molar-refractivity contribution in [3.8, 4) is 0 Å². The molecule has 0 saturated heterocycles. The van der Waals surface area contributed by atoms with Crippen LogP contribution in [0.2, 0.25) is 0 Å². The number of nitrogens with zero attached hydrogens (tertiary/aromatic N) is 4. The normalized spacial score (nSPS) is 16.6. The largest absolute Gasteiger partial charge is 0.237 e. The maximum absolute atomic E-state index is 12.4. The third-order valence-electron chi connectivity index (χ3n) is 3.67. The van der Waals surface area contributed by atoms with Crippen molar-refractivity contribution in [3.63, 3.8) is 0 Å². The summed E-state index contributed by atoms with van der Waals surface area (Å²) in [6, 6.07) is 1.93. The number of aryl methyl sites for hydroxylation is 1. The summed E-state index contributed by atoms with van der Waals surface area (Å²) in [6.45, 7) is 6.69.